The van der Waals surface area contributed by atoms with E-state index >= 15 is 0 Å². The first-order chi connectivity index (χ1) is 11.7. The predicted octanol–water partition coefficient (Wildman–Crippen LogP) is 2.64. The van der Waals surface area contributed by atoms with E-state index in [2.05, 4.69) is 14.8 Å². The number of nitro groups is 1. The van der Waals surface area contributed by atoms with Crippen LogP contribution in [0.25, 0.3) is 0 Å². The molecule has 0 aliphatic carbocycles. The third-order valence-electron chi connectivity index (χ3n) is 4.01. The molecule has 1 fully saturated rings. The summed E-state index contributed by atoms with van der Waals surface area (Å²) in [6.07, 6.45) is 2.91. The molecule has 1 saturated heterocycles. The van der Waals surface area contributed by atoms with E-state index in [1.807, 2.05) is 11.6 Å². The molecule has 0 amide bonds. The third-order valence-corrected chi connectivity index (χ3v) is 4.84. The molecule has 0 bridgehead atoms. The lowest BCUT2D eigenvalue weighted by molar-refractivity contribution is -0.385. The van der Waals surface area contributed by atoms with E-state index in [0.717, 1.165) is 44.3 Å². The van der Waals surface area contributed by atoms with Gasteiger partial charge in [0.2, 0.25) is 0 Å². The van der Waals surface area contributed by atoms with Crippen LogP contribution in [0.2, 0.25) is 0 Å². The summed E-state index contributed by atoms with van der Waals surface area (Å²) in [6, 6.07) is 6.51. The maximum Gasteiger partial charge on any atom is 0.310 e. The van der Waals surface area contributed by atoms with Crippen LogP contribution < -0.4 is 9.64 Å². The molecule has 8 heteroatoms. The Labute approximate surface area is 144 Å². The van der Waals surface area contributed by atoms with Crippen LogP contribution >= 0.6 is 11.3 Å². The maximum atomic E-state index is 11.0. The van der Waals surface area contributed by atoms with E-state index in [0.29, 0.717) is 12.4 Å². The van der Waals surface area contributed by atoms with Gasteiger partial charge >= 0.3 is 5.69 Å². The Morgan fingerprint density at radius 1 is 1.25 bits per heavy atom. The zero-order valence-electron chi connectivity index (χ0n) is 13.3. The summed E-state index contributed by atoms with van der Waals surface area (Å²) < 4.78 is 5.63. The smallest absolute Gasteiger partial charge is 0.310 e. The third kappa shape index (κ3) is 4.21. The van der Waals surface area contributed by atoms with Crippen LogP contribution in [0.3, 0.4) is 0 Å². The van der Waals surface area contributed by atoms with Crippen molar-refractivity contribution in [1.82, 2.24) is 9.88 Å². The average molecular weight is 348 g/mol. The van der Waals surface area contributed by atoms with E-state index in [1.165, 1.54) is 6.07 Å². The standard InChI is InChI=1S/C16H20N4O3S/c21-20(22)14-4-1-2-5-15(14)23-12-11-18-7-3-8-19(10-9-18)16-17-6-13-24-16/h1-2,4-6,13H,3,7-12H2. The van der Waals surface area contributed by atoms with Gasteiger partial charge in [-0.2, -0.15) is 0 Å². The highest BCUT2D eigenvalue weighted by Gasteiger charge is 2.17. The molecule has 0 radical (unpaired) electrons. The van der Waals surface area contributed by atoms with Gasteiger partial charge in [-0.3, -0.25) is 15.0 Å². The number of hydrogen-bond donors (Lipinski definition) is 0. The van der Waals surface area contributed by atoms with E-state index in [-0.39, 0.29) is 5.69 Å². The summed E-state index contributed by atoms with van der Waals surface area (Å²) >= 11 is 1.67. The average Bonchev–Trinajstić information content (AvgIpc) is 3.02. The van der Waals surface area contributed by atoms with Crippen LogP contribution in [0, 0.1) is 10.1 Å². The summed E-state index contributed by atoms with van der Waals surface area (Å²) in [4.78, 5) is 19.6. The second-order valence-electron chi connectivity index (χ2n) is 5.57. The SMILES string of the molecule is O=[N+]([O-])c1ccccc1OCCN1CCCN(c2nccs2)CC1. The Morgan fingerprint density at radius 3 is 2.92 bits per heavy atom. The summed E-state index contributed by atoms with van der Waals surface area (Å²) in [5, 5.41) is 14.1. The normalized spacial score (nSPS) is 15.9. The molecule has 0 spiro atoms. The monoisotopic (exact) mass is 348 g/mol. The zero-order valence-corrected chi connectivity index (χ0v) is 14.2. The van der Waals surface area contributed by atoms with E-state index < -0.39 is 4.92 Å². The summed E-state index contributed by atoms with van der Waals surface area (Å²) in [5.74, 6) is 0.335. The Hall–Kier alpha value is -2.19. The predicted molar refractivity (Wildman–Crippen MR) is 94.0 cm³/mol. The van der Waals surface area contributed by atoms with E-state index in [4.69, 9.17) is 4.74 Å². The van der Waals surface area contributed by atoms with Crippen molar-refractivity contribution < 1.29 is 9.66 Å². The van der Waals surface area contributed by atoms with Crippen LogP contribution in [0.4, 0.5) is 10.8 Å². The van der Waals surface area contributed by atoms with E-state index in [1.54, 1.807) is 29.5 Å². The summed E-state index contributed by atoms with van der Waals surface area (Å²) in [5.41, 5.74) is 0.0170. The highest BCUT2D eigenvalue weighted by molar-refractivity contribution is 7.13. The van der Waals surface area contributed by atoms with Crippen LogP contribution in [0.15, 0.2) is 35.8 Å². The quantitative estimate of drug-likeness (QED) is 0.590. The fourth-order valence-corrected chi connectivity index (χ4v) is 3.47. The lowest BCUT2D eigenvalue weighted by atomic mass is 10.3. The lowest BCUT2D eigenvalue weighted by Gasteiger charge is -2.21. The fraction of sp³-hybridized carbons (Fsp3) is 0.438. The molecule has 128 valence electrons. The molecule has 24 heavy (non-hydrogen) atoms. The van der Waals surface area contributed by atoms with Gasteiger partial charge in [0.15, 0.2) is 10.9 Å². The van der Waals surface area contributed by atoms with Gasteiger partial charge in [-0.1, -0.05) is 12.1 Å². The van der Waals surface area contributed by atoms with Crippen molar-refractivity contribution in [2.24, 2.45) is 0 Å². The number of nitro benzene ring substituents is 1. The summed E-state index contributed by atoms with van der Waals surface area (Å²) in [7, 11) is 0. The number of ether oxygens (including phenoxy) is 1. The van der Waals surface area contributed by atoms with Gasteiger partial charge in [0.05, 0.1) is 4.92 Å². The maximum absolute atomic E-state index is 11.0. The Morgan fingerprint density at radius 2 is 2.12 bits per heavy atom. The van der Waals surface area contributed by atoms with Crippen molar-refractivity contribution in [3.05, 3.63) is 46.0 Å². The zero-order chi connectivity index (χ0) is 16.8. The minimum absolute atomic E-state index is 0.0170. The minimum Gasteiger partial charge on any atom is -0.485 e. The molecule has 0 saturated carbocycles. The van der Waals surface area contributed by atoms with Crippen LogP contribution in [0.5, 0.6) is 5.75 Å². The van der Waals surface area contributed by atoms with Crippen molar-refractivity contribution in [3.8, 4) is 5.75 Å². The first-order valence-corrected chi connectivity index (χ1v) is 8.85. The molecule has 2 heterocycles. The van der Waals surface area contributed by atoms with Crippen molar-refractivity contribution in [3.63, 3.8) is 0 Å². The molecule has 0 atom stereocenters. The molecule has 3 rings (SSSR count). The Kier molecular flexibility index (Phi) is 5.60. The van der Waals surface area contributed by atoms with Crippen LogP contribution in [-0.2, 0) is 0 Å². The topological polar surface area (TPSA) is 71.7 Å². The molecule has 1 aliphatic heterocycles. The number of nitrogens with zero attached hydrogens (tertiary/aromatic N) is 4. The number of benzene rings is 1. The van der Waals surface area contributed by atoms with Crippen LogP contribution in [0.1, 0.15) is 6.42 Å². The largest absolute Gasteiger partial charge is 0.485 e. The highest BCUT2D eigenvalue weighted by atomic mass is 32.1. The second-order valence-corrected chi connectivity index (χ2v) is 6.44. The van der Waals surface area contributed by atoms with Gasteiger partial charge in [-0.25, -0.2) is 4.98 Å². The van der Waals surface area contributed by atoms with Gasteiger partial charge < -0.3 is 9.64 Å². The number of hydrogen-bond acceptors (Lipinski definition) is 7. The number of rotatable bonds is 6. The molecule has 1 aromatic carbocycles. The molecule has 1 aromatic heterocycles. The molecule has 2 aromatic rings. The molecule has 0 N–H and O–H groups in total. The number of thiazole rings is 1. The van der Waals surface area contributed by atoms with Crippen molar-refractivity contribution in [1.29, 1.82) is 0 Å². The first-order valence-electron chi connectivity index (χ1n) is 7.97. The van der Waals surface area contributed by atoms with Crippen molar-refractivity contribution >= 4 is 22.2 Å². The van der Waals surface area contributed by atoms with Gasteiger partial charge in [0, 0.05) is 50.4 Å². The number of para-hydroxylation sites is 2. The summed E-state index contributed by atoms with van der Waals surface area (Å²) in [6.45, 7) is 5.11. The lowest BCUT2D eigenvalue weighted by Crippen LogP contribution is -2.33. The van der Waals surface area contributed by atoms with Crippen LogP contribution in [-0.4, -0.2) is 54.1 Å². The first kappa shape index (κ1) is 16.7. The number of anilines is 1. The van der Waals surface area contributed by atoms with Crippen molar-refractivity contribution in [2.75, 3.05) is 44.2 Å². The molecule has 7 nitrogen and oxygen atoms in total. The highest BCUT2D eigenvalue weighted by Crippen LogP contribution is 2.25. The Balaban J connectivity index is 1.48. The van der Waals surface area contributed by atoms with Gasteiger partial charge in [0.25, 0.3) is 0 Å². The van der Waals surface area contributed by atoms with Gasteiger partial charge in [-0.05, 0) is 12.5 Å². The van der Waals surface area contributed by atoms with Gasteiger partial charge in [-0.15, -0.1) is 11.3 Å². The fourth-order valence-electron chi connectivity index (χ4n) is 2.77. The van der Waals surface area contributed by atoms with Gasteiger partial charge in [0.1, 0.15) is 6.61 Å². The Bertz CT molecular complexity index is 665. The minimum atomic E-state index is -0.410. The molecule has 1 aliphatic rings. The molecule has 0 unspecified atom stereocenters. The molecular formula is C16H20N4O3S. The molecular weight excluding hydrogens is 328 g/mol. The van der Waals surface area contributed by atoms with E-state index in [9.17, 15) is 10.1 Å². The number of aromatic nitrogens is 1. The second kappa shape index (κ2) is 8.07. The van der Waals surface area contributed by atoms with Crippen molar-refractivity contribution in [2.45, 2.75) is 6.42 Å².